The number of likely N-dealkylation sites (tertiary alicyclic amines) is 1. The second-order valence-electron chi connectivity index (χ2n) is 5.06. The number of carbonyl (C=O) groups excluding carboxylic acids is 1. The first-order chi connectivity index (χ1) is 8.99. The fourth-order valence-corrected chi connectivity index (χ4v) is 2.08. The average molecular weight is 273 g/mol. The van der Waals surface area contributed by atoms with E-state index in [1.807, 2.05) is 0 Å². The molecular formula is C12H23N3O4. The van der Waals surface area contributed by atoms with Gasteiger partial charge in [0.1, 0.15) is 0 Å². The lowest BCUT2D eigenvalue weighted by Crippen LogP contribution is -2.44. The van der Waals surface area contributed by atoms with Gasteiger partial charge in [0, 0.05) is 13.1 Å². The number of urea groups is 1. The lowest BCUT2D eigenvalue weighted by Gasteiger charge is -2.20. The van der Waals surface area contributed by atoms with Crippen LogP contribution in [-0.2, 0) is 4.79 Å². The van der Waals surface area contributed by atoms with Crippen molar-refractivity contribution in [1.29, 1.82) is 0 Å². The topological polar surface area (TPSA) is 102 Å². The highest BCUT2D eigenvalue weighted by molar-refractivity contribution is 5.76. The van der Waals surface area contributed by atoms with Crippen molar-refractivity contribution in [2.45, 2.75) is 25.9 Å². The Hall–Kier alpha value is -1.34. The summed E-state index contributed by atoms with van der Waals surface area (Å²) in [6.45, 7) is 5.51. The summed E-state index contributed by atoms with van der Waals surface area (Å²) in [5, 5.41) is 22.4. The van der Waals surface area contributed by atoms with Gasteiger partial charge in [0.2, 0.25) is 0 Å². The first-order valence-corrected chi connectivity index (χ1v) is 6.64. The fourth-order valence-electron chi connectivity index (χ4n) is 2.08. The van der Waals surface area contributed by atoms with Crippen molar-refractivity contribution in [2.75, 3.05) is 32.7 Å². The van der Waals surface area contributed by atoms with Gasteiger partial charge in [0.25, 0.3) is 0 Å². The Kier molecular flexibility index (Phi) is 6.58. The molecule has 7 heteroatoms. The maximum absolute atomic E-state index is 11.4. The van der Waals surface area contributed by atoms with E-state index in [4.69, 9.17) is 10.2 Å². The van der Waals surface area contributed by atoms with E-state index < -0.39 is 18.1 Å². The molecule has 1 rings (SSSR count). The van der Waals surface area contributed by atoms with Crippen molar-refractivity contribution < 1.29 is 19.8 Å². The molecule has 0 bridgehead atoms. The van der Waals surface area contributed by atoms with Gasteiger partial charge in [-0.05, 0) is 31.8 Å². The Morgan fingerprint density at radius 1 is 1.21 bits per heavy atom. The highest BCUT2D eigenvalue weighted by Gasteiger charge is 2.16. The number of aliphatic hydroxyl groups excluding tert-OH is 1. The SMILES string of the molecule is CC(CNC(=O)NC[C@H](O)C(=O)O)CN1CCCC1. The zero-order chi connectivity index (χ0) is 14.3. The van der Waals surface area contributed by atoms with Crippen LogP contribution in [0, 0.1) is 5.92 Å². The first-order valence-electron chi connectivity index (χ1n) is 6.64. The molecule has 0 radical (unpaired) electrons. The number of aliphatic hydroxyl groups is 1. The number of carboxylic acid groups (broad SMARTS) is 1. The van der Waals surface area contributed by atoms with Crippen LogP contribution in [0.5, 0.6) is 0 Å². The van der Waals surface area contributed by atoms with Gasteiger partial charge in [-0.1, -0.05) is 6.92 Å². The molecule has 1 saturated heterocycles. The van der Waals surface area contributed by atoms with Gasteiger partial charge < -0.3 is 25.7 Å². The molecule has 0 saturated carbocycles. The third-order valence-electron chi connectivity index (χ3n) is 3.12. The number of nitrogens with zero attached hydrogens (tertiary/aromatic N) is 1. The zero-order valence-electron chi connectivity index (χ0n) is 11.3. The predicted octanol–water partition coefficient (Wildman–Crippen LogP) is -0.537. The predicted molar refractivity (Wildman–Crippen MR) is 69.9 cm³/mol. The van der Waals surface area contributed by atoms with Gasteiger partial charge in [0.05, 0.1) is 6.54 Å². The van der Waals surface area contributed by atoms with Gasteiger partial charge in [0.15, 0.2) is 6.10 Å². The third kappa shape index (κ3) is 6.40. The second-order valence-corrected chi connectivity index (χ2v) is 5.06. The van der Waals surface area contributed by atoms with E-state index in [-0.39, 0.29) is 6.54 Å². The lowest BCUT2D eigenvalue weighted by molar-refractivity contribution is -0.146. The van der Waals surface area contributed by atoms with Gasteiger partial charge >= 0.3 is 12.0 Å². The summed E-state index contributed by atoms with van der Waals surface area (Å²) < 4.78 is 0. The van der Waals surface area contributed by atoms with Crippen molar-refractivity contribution >= 4 is 12.0 Å². The molecule has 1 aliphatic rings. The fraction of sp³-hybridized carbons (Fsp3) is 0.833. The highest BCUT2D eigenvalue weighted by Crippen LogP contribution is 2.09. The molecule has 0 aromatic carbocycles. The summed E-state index contributed by atoms with van der Waals surface area (Å²) in [7, 11) is 0. The number of carboxylic acids is 1. The van der Waals surface area contributed by atoms with Crippen LogP contribution in [0.4, 0.5) is 4.79 Å². The monoisotopic (exact) mass is 273 g/mol. The molecule has 0 spiro atoms. The van der Waals surface area contributed by atoms with Crippen molar-refractivity contribution in [1.82, 2.24) is 15.5 Å². The summed E-state index contributed by atoms with van der Waals surface area (Å²) in [6.07, 6.45) is 0.925. The molecule has 2 atom stereocenters. The quantitative estimate of drug-likeness (QED) is 0.499. The third-order valence-corrected chi connectivity index (χ3v) is 3.12. The average Bonchev–Trinajstić information content (AvgIpc) is 2.85. The molecule has 1 aliphatic heterocycles. The van der Waals surface area contributed by atoms with Gasteiger partial charge in [-0.25, -0.2) is 9.59 Å². The molecule has 4 N–H and O–H groups in total. The van der Waals surface area contributed by atoms with Crippen LogP contribution < -0.4 is 10.6 Å². The van der Waals surface area contributed by atoms with Crippen molar-refractivity contribution in [2.24, 2.45) is 5.92 Å². The molecule has 7 nitrogen and oxygen atoms in total. The van der Waals surface area contributed by atoms with Crippen LogP contribution in [0.3, 0.4) is 0 Å². The van der Waals surface area contributed by atoms with Gasteiger partial charge in [-0.3, -0.25) is 0 Å². The van der Waals surface area contributed by atoms with Crippen LogP contribution in [0.2, 0.25) is 0 Å². The first kappa shape index (κ1) is 15.7. The molecule has 1 heterocycles. The maximum atomic E-state index is 11.4. The normalized spacial score (nSPS) is 18.8. The second kappa shape index (κ2) is 7.96. The zero-order valence-corrected chi connectivity index (χ0v) is 11.3. The Labute approximate surface area is 113 Å². The van der Waals surface area contributed by atoms with E-state index >= 15 is 0 Å². The van der Waals surface area contributed by atoms with E-state index in [1.165, 1.54) is 12.8 Å². The number of aliphatic carboxylic acids is 1. The van der Waals surface area contributed by atoms with Gasteiger partial charge in [-0.2, -0.15) is 0 Å². The Balaban J connectivity index is 2.09. The van der Waals surface area contributed by atoms with Crippen LogP contribution in [0.25, 0.3) is 0 Å². The molecule has 0 aromatic heterocycles. The van der Waals surface area contributed by atoms with E-state index in [0.717, 1.165) is 19.6 Å². The van der Waals surface area contributed by atoms with Crippen molar-refractivity contribution in [3.05, 3.63) is 0 Å². The molecular weight excluding hydrogens is 250 g/mol. The molecule has 110 valence electrons. The Morgan fingerprint density at radius 3 is 2.37 bits per heavy atom. The maximum Gasteiger partial charge on any atom is 0.334 e. The minimum atomic E-state index is -1.56. The molecule has 1 unspecified atom stereocenters. The molecule has 2 amide bonds. The van der Waals surface area contributed by atoms with E-state index in [1.54, 1.807) is 0 Å². The number of amides is 2. The van der Waals surface area contributed by atoms with Crippen LogP contribution in [-0.4, -0.2) is 65.9 Å². The summed E-state index contributed by atoms with van der Waals surface area (Å²) in [5.74, 6) is -1.00. The lowest BCUT2D eigenvalue weighted by atomic mass is 10.1. The molecule has 0 aromatic rings. The van der Waals surface area contributed by atoms with Crippen molar-refractivity contribution in [3.63, 3.8) is 0 Å². The van der Waals surface area contributed by atoms with E-state index in [2.05, 4.69) is 22.5 Å². The summed E-state index contributed by atoms with van der Waals surface area (Å²) in [5.41, 5.74) is 0. The van der Waals surface area contributed by atoms with E-state index in [9.17, 15) is 9.59 Å². The number of hydrogen-bond acceptors (Lipinski definition) is 4. The Bertz CT molecular complexity index is 305. The minimum Gasteiger partial charge on any atom is -0.479 e. The van der Waals surface area contributed by atoms with Crippen molar-refractivity contribution in [3.8, 4) is 0 Å². The number of nitrogens with one attached hydrogen (secondary N) is 2. The number of rotatable bonds is 7. The largest absolute Gasteiger partial charge is 0.479 e. The minimum absolute atomic E-state index is 0.290. The summed E-state index contributed by atoms with van der Waals surface area (Å²) in [6, 6.07) is -0.450. The molecule has 1 fully saturated rings. The number of carbonyl (C=O) groups is 2. The highest BCUT2D eigenvalue weighted by atomic mass is 16.4. The van der Waals surface area contributed by atoms with Gasteiger partial charge in [-0.15, -0.1) is 0 Å². The standard InChI is InChI=1S/C12H23N3O4/c1-9(8-15-4-2-3-5-15)6-13-12(19)14-7-10(16)11(17)18/h9-10,16H,2-8H2,1H3,(H,17,18)(H2,13,14,19)/t9?,10-/m0/s1. The smallest absolute Gasteiger partial charge is 0.334 e. The van der Waals surface area contributed by atoms with Crippen LogP contribution in [0.15, 0.2) is 0 Å². The summed E-state index contributed by atoms with van der Waals surface area (Å²) in [4.78, 5) is 24.1. The van der Waals surface area contributed by atoms with Crippen LogP contribution >= 0.6 is 0 Å². The molecule has 19 heavy (non-hydrogen) atoms. The van der Waals surface area contributed by atoms with Crippen LogP contribution in [0.1, 0.15) is 19.8 Å². The number of hydrogen-bond donors (Lipinski definition) is 4. The van der Waals surface area contributed by atoms with E-state index in [0.29, 0.717) is 12.5 Å². The molecule has 0 aliphatic carbocycles. The summed E-state index contributed by atoms with van der Waals surface area (Å²) >= 11 is 0. The Morgan fingerprint density at radius 2 is 1.79 bits per heavy atom.